The Kier molecular flexibility index (Phi) is 9.73. The summed E-state index contributed by atoms with van der Waals surface area (Å²) in [5.41, 5.74) is 1.04. The fourth-order valence-electron chi connectivity index (χ4n) is 2.90. The van der Waals surface area contributed by atoms with E-state index in [1.165, 1.54) is 25.7 Å². The van der Waals surface area contributed by atoms with E-state index >= 15 is 0 Å². The Hall–Kier alpha value is -0.870. The lowest BCUT2D eigenvalue weighted by Gasteiger charge is -2.15. The van der Waals surface area contributed by atoms with E-state index in [1.54, 1.807) is 24.3 Å². The summed E-state index contributed by atoms with van der Waals surface area (Å²) in [7, 11) is -3.63. The Morgan fingerprint density at radius 3 is 1.92 bits per heavy atom. The summed E-state index contributed by atoms with van der Waals surface area (Å²) in [6, 6.07) is 6.79. The first kappa shape index (κ1) is 22.2. The van der Waals surface area contributed by atoms with Crippen LogP contribution in [0.25, 0.3) is 0 Å². The van der Waals surface area contributed by atoms with Crippen molar-refractivity contribution in [2.75, 3.05) is 6.61 Å². The highest BCUT2D eigenvalue weighted by Crippen LogP contribution is 2.20. The molecule has 144 valence electrons. The number of hydrogen-bond acceptors (Lipinski definition) is 3. The largest absolute Gasteiger partial charge is 0.296 e. The number of aryl methyl sites for hydroxylation is 1. The van der Waals surface area contributed by atoms with Crippen LogP contribution in [0.1, 0.15) is 71.8 Å². The monoisotopic (exact) mass is 368 g/mol. The van der Waals surface area contributed by atoms with E-state index in [9.17, 15) is 8.42 Å². The second-order valence-corrected chi connectivity index (χ2v) is 9.63. The quantitative estimate of drug-likeness (QED) is 0.427. The Morgan fingerprint density at radius 2 is 1.36 bits per heavy atom. The van der Waals surface area contributed by atoms with E-state index in [2.05, 4.69) is 27.7 Å². The minimum Gasteiger partial charge on any atom is -0.266 e. The van der Waals surface area contributed by atoms with Crippen molar-refractivity contribution in [2.45, 2.75) is 78.0 Å². The van der Waals surface area contributed by atoms with Gasteiger partial charge in [-0.1, -0.05) is 77.5 Å². The third kappa shape index (κ3) is 9.41. The lowest BCUT2D eigenvalue weighted by Crippen LogP contribution is -2.13. The predicted molar refractivity (Wildman–Crippen MR) is 105 cm³/mol. The van der Waals surface area contributed by atoms with Crippen LogP contribution in [0.4, 0.5) is 0 Å². The molecule has 0 spiro atoms. The SMILES string of the molecule is Cc1ccc(S(=O)(=O)OC[C@H](C)CCC[C@H](C)CCCC(C)C)cc1. The minimum absolute atomic E-state index is 0.240. The first-order chi connectivity index (χ1) is 11.7. The van der Waals surface area contributed by atoms with Crippen molar-refractivity contribution in [3.63, 3.8) is 0 Å². The summed E-state index contributed by atoms with van der Waals surface area (Å²) in [5, 5.41) is 0. The molecule has 0 fully saturated rings. The van der Waals surface area contributed by atoms with Crippen molar-refractivity contribution in [1.29, 1.82) is 0 Å². The van der Waals surface area contributed by atoms with Crippen molar-refractivity contribution in [3.05, 3.63) is 29.8 Å². The molecule has 1 aromatic rings. The summed E-state index contributed by atoms with van der Waals surface area (Å²) < 4.78 is 29.6. The molecule has 0 aliphatic rings. The van der Waals surface area contributed by atoms with Crippen LogP contribution in [0.3, 0.4) is 0 Å². The molecule has 0 aliphatic carbocycles. The lowest BCUT2D eigenvalue weighted by molar-refractivity contribution is 0.251. The molecule has 2 atom stereocenters. The van der Waals surface area contributed by atoms with Crippen LogP contribution < -0.4 is 0 Å². The van der Waals surface area contributed by atoms with Gasteiger partial charge in [-0.15, -0.1) is 0 Å². The maximum atomic E-state index is 12.2. The number of benzene rings is 1. The molecule has 0 saturated heterocycles. The lowest BCUT2D eigenvalue weighted by atomic mass is 9.94. The highest BCUT2D eigenvalue weighted by Gasteiger charge is 2.16. The van der Waals surface area contributed by atoms with Crippen molar-refractivity contribution in [1.82, 2.24) is 0 Å². The second-order valence-electron chi connectivity index (χ2n) is 8.02. The minimum atomic E-state index is -3.63. The molecule has 0 bridgehead atoms. The first-order valence-corrected chi connectivity index (χ1v) is 11.1. The summed E-state index contributed by atoms with van der Waals surface area (Å²) in [5.74, 6) is 1.80. The molecule has 1 rings (SSSR count). The van der Waals surface area contributed by atoms with Gasteiger partial charge in [0.2, 0.25) is 0 Å². The Labute approximate surface area is 155 Å². The fraction of sp³-hybridized carbons (Fsp3) is 0.714. The smallest absolute Gasteiger partial charge is 0.266 e. The third-order valence-corrected chi connectivity index (χ3v) is 5.99. The number of rotatable bonds is 12. The fourth-order valence-corrected chi connectivity index (χ4v) is 3.91. The molecular weight excluding hydrogens is 332 g/mol. The molecule has 0 heterocycles. The van der Waals surface area contributed by atoms with Crippen LogP contribution >= 0.6 is 0 Å². The number of hydrogen-bond donors (Lipinski definition) is 0. The maximum Gasteiger partial charge on any atom is 0.296 e. The molecule has 0 aromatic heterocycles. The molecule has 3 nitrogen and oxygen atoms in total. The van der Waals surface area contributed by atoms with Gasteiger partial charge in [0.1, 0.15) is 0 Å². The Bertz CT molecular complexity index is 576. The van der Waals surface area contributed by atoms with Crippen molar-refractivity contribution >= 4 is 10.1 Å². The first-order valence-electron chi connectivity index (χ1n) is 9.66. The van der Waals surface area contributed by atoms with Crippen molar-refractivity contribution in [2.24, 2.45) is 17.8 Å². The van der Waals surface area contributed by atoms with Gasteiger partial charge < -0.3 is 0 Å². The van der Waals surface area contributed by atoms with Gasteiger partial charge in [0.25, 0.3) is 10.1 Å². The molecule has 1 aromatic carbocycles. The average Bonchev–Trinajstić information content (AvgIpc) is 2.53. The summed E-state index contributed by atoms with van der Waals surface area (Å²) in [4.78, 5) is 0.240. The van der Waals surface area contributed by atoms with Crippen LogP contribution in [0.2, 0.25) is 0 Å². The molecular formula is C21H36O3S. The molecule has 0 aliphatic heterocycles. The van der Waals surface area contributed by atoms with Gasteiger partial charge in [0.15, 0.2) is 0 Å². The van der Waals surface area contributed by atoms with Crippen molar-refractivity contribution < 1.29 is 12.6 Å². The highest BCUT2D eigenvalue weighted by atomic mass is 32.2. The molecule has 0 radical (unpaired) electrons. The van der Waals surface area contributed by atoms with E-state index in [4.69, 9.17) is 4.18 Å². The third-order valence-electron chi connectivity index (χ3n) is 4.69. The molecule has 25 heavy (non-hydrogen) atoms. The van der Waals surface area contributed by atoms with Crippen LogP contribution in [-0.4, -0.2) is 15.0 Å². The standard InChI is InChI=1S/C21H36O3S/c1-17(2)8-6-9-18(3)10-7-11-20(5)16-24-25(22,23)21-14-12-19(4)13-15-21/h12-15,17-18,20H,6-11,16H2,1-5H3/t18-,20-/m1/s1. The van der Waals surface area contributed by atoms with Crippen LogP contribution in [0, 0.1) is 24.7 Å². The zero-order valence-corrected chi connectivity index (χ0v) is 17.4. The Balaban J connectivity index is 2.26. The van der Waals surface area contributed by atoms with Gasteiger partial charge in [-0.2, -0.15) is 8.42 Å². The van der Waals surface area contributed by atoms with E-state index in [-0.39, 0.29) is 17.4 Å². The van der Waals surface area contributed by atoms with Gasteiger partial charge in [-0.3, -0.25) is 4.18 Å². The molecule has 0 unspecified atom stereocenters. The second kappa shape index (κ2) is 11.0. The van der Waals surface area contributed by atoms with Gasteiger partial charge in [0.05, 0.1) is 11.5 Å². The summed E-state index contributed by atoms with van der Waals surface area (Å²) in [6.07, 6.45) is 7.28. The summed E-state index contributed by atoms with van der Waals surface area (Å²) in [6.45, 7) is 11.1. The average molecular weight is 369 g/mol. The molecule has 0 saturated carbocycles. The maximum absolute atomic E-state index is 12.2. The zero-order valence-electron chi connectivity index (χ0n) is 16.6. The normalized spacial score (nSPS) is 14.6. The zero-order chi connectivity index (χ0) is 18.9. The highest BCUT2D eigenvalue weighted by molar-refractivity contribution is 7.86. The molecule has 0 amide bonds. The van der Waals surface area contributed by atoms with E-state index in [1.807, 2.05) is 6.92 Å². The van der Waals surface area contributed by atoms with Crippen molar-refractivity contribution in [3.8, 4) is 0 Å². The topological polar surface area (TPSA) is 43.4 Å². The molecule has 0 N–H and O–H groups in total. The van der Waals surface area contributed by atoms with Gasteiger partial charge in [-0.05, 0) is 43.2 Å². The molecule has 4 heteroatoms. The predicted octanol–water partition coefficient (Wildman–Crippen LogP) is 5.97. The van der Waals surface area contributed by atoms with E-state index in [0.29, 0.717) is 0 Å². The van der Waals surface area contributed by atoms with Crippen LogP contribution in [0.15, 0.2) is 29.2 Å². The van der Waals surface area contributed by atoms with Gasteiger partial charge in [-0.25, -0.2) is 0 Å². The van der Waals surface area contributed by atoms with E-state index < -0.39 is 10.1 Å². The van der Waals surface area contributed by atoms with Crippen LogP contribution in [-0.2, 0) is 14.3 Å². The van der Waals surface area contributed by atoms with E-state index in [0.717, 1.165) is 30.2 Å². The van der Waals surface area contributed by atoms with Gasteiger partial charge in [0, 0.05) is 0 Å². The van der Waals surface area contributed by atoms with Crippen LogP contribution in [0.5, 0.6) is 0 Å². The Morgan fingerprint density at radius 1 is 0.840 bits per heavy atom. The summed E-state index contributed by atoms with van der Waals surface area (Å²) >= 11 is 0. The van der Waals surface area contributed by atoms with Gasteiger partial charge >= 0.3 is 0 Å².